The van der Waals surface area contributed by atoms with E-state index in [1.165, 1.54) is 37.0 Å². The fourth-order valence-corrected chi connectivity index (χ4v) is 2.58. The molecule has 4 heteroatoms. The van der Waals surface area contributed by atoms with E-state index in [1.807, 2.05) is 0 Å². The fraction of sp³-hybridized carbons (Fsp3) is 0.857. The van der Waals surface area contributed by atoms with Crippen molar-refractivity contribution in [3.8, 4) is 0 Å². The number of amides is 1. The lowest BCUT2D eigenvalue weighted by atomic mass is 9.86. The van der Waals surface area contributed by atoms with Crippen molar-refractivity contribution >= 4 is 11.9 Å². The summed E-state index contributed by atoms with van der Waals surface area (Å²) in [6, 6.07) is -0.729. The summed E-state index contributed by atoms with van der Waals surface area (Å²) in [7, 11) is 1.57. The quantitative estimate of drug-likeness (QED) is 0.793. The number of rotatable bonds is 6. The minimum absolute atomic E-state index is 0.0549. The molecule has 0 aliphatic heterocycles. The van der Waals surface area contributed by atoms with Crippen LogP contribution in [-0.2, 0) is 9.59 Å². The molecule has 0 heterocycles. The van der Waals surface area contributed by atoms with Crippen LogP contribution in [0.15, 0.2) is 0 Å². The molecule has 1 N–H and O–H groups in total. The molecule has 0 bridgehead atoms. The van der Waals surface area contributed by atoms with E-state index in [4.69, 9.17) is 5.11 Å². The van der Waals surface area contributed by atoms with Crippen molar-refractivity contribution in [3.05, 3.63) is 0 Å². The predicted molar refractivity (Wildman–Crippen MR) is 70.3 cm³/mol. The zero-order valence-corrected chi connectivity index (χ0v) is 11.5. The number of hydrogen-bond donors (Lipinski definition) is 1. The number of carboxylic acids is 1. The Balaban J connectivity index is 2.21. The highest BCUT2D eigenvalue weighted by Crippen LogP contribution is 2.27. The van der Waals surface area contributed by atoms with Crippen LogP contribution in [0.2, 0.25) is 0 Å². The smallest absolute Gasteiger partial charge is 0.326 e. The van der Waals surface area contributed by atoms with Gasteiger partial charge in [0.1, 0.15) is 6.04 Å². The number of carboxylic acid groups (broad SMARTS) is 1. The molecule has 1 aliphatic rings. The molecule has 1 rings (SSSR count). The van der Waals surface area contributed by atoms with Crippen molar-refractivity contribution < 1.29 is 14.7 Å². The van der Waals surface area contributed by atoms with Crippen LogP contribution in [0.4, 0.5) is 0 Å². The Morgan fingerprint density at radius 1 is 1.28 bits per heavy atom. The van der Waals surface area contributed by atoms with Gasteiger partial charge in [-0.2, -0.15) is 0 Å². The maximum Gasteiger partial charge on any atom is 0.326 e. The van der Waals surface area contributed by atoms with Gasteiger partial charge in [-0.15, -0.1) is 0 Å². The maximum atomic E-state index is 11.8. The van der Waals surface area contributed by atoms with E-state index in [0.717, 1.165) is 18.8 Å². The van der Waals surface area contributed by atoms with E-state index in [-0.39, 0.29) is 5.91 Å². The zero-order chi connectivity index (χ0) is 13.5. The van der Waals surface area contributed by atoms with Crippen LogP contribution in [0.3, 0.4) is 0 Å². The summed E-state index contributed by atoms with van der Waals surface area (Å²) in [6.07, 6.45) is 9.09. The molecule has 1 fully saturated rings. The van der Waals surface area contributed by atoms with Crippen molar-refractivity contribution in [2.45, 2.75) is 64.3 Å². The second kappa shape index (κ2) is 7.39. The molecule has 18 heavy (non-hydrogen) atoms. The summed E-state index contributed by atoms with van der Waals surface area (Å²) in [4.78, 5) is 23.9. The van der Waals surface area contributed by atoms with Crippen molar-refractivity contribution in [2.75, 3.05) is 7.05 Å². The molecule has 0 spiro atoms. The highest BCUT2D eigenvalue weighted by atomic mass is 16.4. The highest BCUT2D eigenvalue weighted by molar-refractivity contribution is 5.83. The molecule has 0 aromatic carbocycles. The van der Waals surface area contributed by atoms with Gasteiger partial charge in [0, 0.05) is 13.5 Å². The number of carbonyl (C=O) groups is 2. The molecule has 1 saturated carbocycles. The summed E-state index contributed by atoms with van der Waals surface area (Å²) in [6.45, 7) is 1.54. The van der Waals surface area contributed by atoms with Gasteiger partial charge in [0.25, 0.3) is 0 Å². The lowest BCUT2D eigenvalue weighted by Gasteiger charge is -2.23. The molecular formula is C14H25NO3. The Hall–Kier alpha value is -1.06. The molecule has 1 unspecified atom stereocenters. The second-order valence-corrected chi connectivity index (χ2v) is 5.42. The highest BCUT2D eigenvalue weighted by Gasteiger charge is 2.21. The fourth-order valence-electron chi connectivity index (χ4n) is 2.58. The van der Waals surface area contributed by atoms with Gasteiger partial charge >= 0.3 is 5.97 Å². The molecule has 1 aliphatic carbocycles. The first-order valence-corrected chi connectivity index (χ1v) is 7.01. The maximum absolute atomic E-state index is 11.8. The predicted octanol–water partition coefficient (Wildman–Crippen LogP) is 2.67. The molecule has 0 aromatic rings. The topological polar surface area (TPSA) is 57.6 Å². The van der Waals surface area contributed by atoms with Gasteiger partial charge in [-0.3, -0.25) is 4.79 Å². The van der Waals surface area contributed by atoms with E-state index in [9.17, 15) is 9.59 Å². The van der Waals surface area contributed by atoms with E-state index < -0.39 is 12.0 Å². The number of hydrogen-bond acceptors (Lipinski definition) is 2. The van der Waals surface area contributed by atoms with Crippen LogP contribution < -0.4 is 0 Å². The first-order chi connectivity index (χ1) is 8.52. The molecule has 104 valence electrons. The third-order valence-electron chi connectivity index (χ3n) is 4.06. The summed E-state index contributed by atoms with van der Waals surface area (Å²) < 4.78 is 0. The third-order valence-corrected chi connectivity index (χ3v) is 4.06. The van der Waals surface area contributed by atoms with Gasteiger partial charge in [-0.25, -0.2) is 4.79 Å². The van der Waals surface area contributed by atoms with Crippen LogP contribution in [-0.4, -0.2) is 35.0 Å². The Labute approximate surface area is 109 Å². The molecule has 4 nitrogen and oxygen atoms in total. The lowest BCUT2D eigenvalue weighted by molar-refractivity contribution is -0.148. The first kappa shape index (κ1) is 15.0. The second-order valence-electron chi connectivity index (χ2n) is 5.42. The van der Waals surface area contributed by atoms with Gasteiger partial charge in [-0.1, -0.05) is 32.1 Å². The summed E-state index contributed by atoms with van der Waals surface area (Å²) in [5.41, 5.74) is 0. The minimum Gasteiger partial charge on any atom is -0.480 e. The monoisotopic (exact) mass is 255 g/mol. The largest absolute Gasteiger partial charge is 0.480 e. The van der Waals surface area contributed by atoms with Gasteiger partial charge in [0.2, 0.25) is 5.91 Å². The van der Waals surface area contributed by atoms with E-state index in [1.54, 1.807) is 14.0 Å². The molecule has 1 amide bonds. The standard InChI is InChI=1S/C14H25NO3/c1-11(14(17)18)15(2)13(16)10-6-9-12-7-4-3-5-8-12/h11-12H,3-10H2,1-2H3,(H,17,18). The molecule has 0 saturated heterocycles. The third kappa shape index (κ3) is 4.67. The van der Waals surface area contributed by atoms with Gasteiger partial charge in [-0.05, 0) is 25.7 Å². The van der Waals surface area contributed by atoms with Crippen LogP contribution in [0.1, 0.15) is 58.3 Å². The Kier molecular flexibility index (Phi) is 6.16. The van der Waals surface area contributed by atoms with Crippen molar-refractivity contribution in [1.82, 2.24) is 4.90 Å². The number of carbonyl (C=O) groups excluding carboxylic acids is 1. The summed E-state index contributed by atoms with van der Waals surface area (Å²) in [5.74, 6) is -0.215. The Bertz CT molecular complexity index is 285. The van der Waals surface area contributed by atoms with Crippen molar-refractivity contribution in [2.24, 2.45) is 5.92 Å². The first-order valence-electron chi connectivity index (χ1n) is 7.01. The van der Waals surface area contributed by atoms with Crippen LogP contribution >= 0.6 is 0 Å². The van der Waals surface area contributed by atoms with Crippen LogP contribution in [0.5, 0.6) is 0 Å². The number of nitrogens with zero attached hydrogens (tertiary/aromatic N) is 1. The molecule has 0 radical (unpaired) electrons. The van der Waals surface area contributed by atoms with Gasteiger partial charge < -0.3 is 10.0 Å². The van der Waals surface area contributed by atoms with Crippen LogP contribution in [0.25, 0.3) is 0 Å². The van der Waals surface area contributed by atoms with E-state index >= 15 is 0 Å². The number of likely N-dealkylation sites (N-methyl/N-ethyl adjacent to an activating group) is 1. The molecular weight excluding hydrogens is 230 g/mol. The average molecular weight is 255 g/mol. The van der Waals surface area contributed by atoms with E-state index in [0.29, 0.717) is 6.42 Å². The number of aliphatic carboxylic acids is 1. The average Bonchev–Trinajstić information content (AvgIpc) is 2.38. The van der Waals surface area contributed by atoms with Gasteiger partial charge in [0.15, 0.2) is 0 Å². The summed E-state index contributed by atoms with van der Waals surface area (Å²) in [5, 5.41) is 8.84. The normalized spacial score (nSPS) is 18.3. The van der Waals surface area contributed by atoms with Crippen LogP contribution in [0, 0.1) is 5.92 Å². The zero-order valence-electron chi connectivity index (χ0n) is 11.5. The Morgan fingerprint density at radius 2 is 1.89 bits per heavy atom. The van der Waals surface area contributed by atoms with Crippen molar-refractivity contribution in [3.63, 3.8) is 0 Å². The summed E-state index contributed by atoms with van der Waals surface area (Å²) >= 11 is 0. The minimum atomic E-state index is -0.946. The molecule has 1 atom stereocenters. The van der Waals surface area contributed by atoms with E-state index in [2.05, 4.69) is 0 Å². The van der Waals surface area contributed by atoms with Crippen molar-refractivity contribution in [1.29, 1.82) is 0 Å². The molecule has 0 aromatic heterocycles. The lowest BCUT2D eigenvalue weighted by Crippen LogP contribution is -2.40. The van der Waals surface area contributed by atoms with Gasteiger partial charge in [0.05, 0.1) is 0 Å². The SMILES string of the molecule is CC(C(=O)O)N(C)C(=O)CCCC1CCCCC1. The Morgan fingerprint density at radius 3 is 2.44 bits per heavy atom.